The van der Waals surface area contributed by atoms with Crippen LogP contribution < -0.4 is 4.90 Å². The van der Waals surface area contributed by atoms with Crippen molar-refractivity contribution in [3.63, 3.8) is 0 Å². The lowest BCUT2D eigenvalue weighted by Crippen LogP contribution is -2.40. The number of ether oxygens (including phenoxy) is 1. The molecule has 1 fully saturated rings. The molecule has 1 amide bonds. The average Bonchev–Trinajstić information content (AvgIpc) is 3.11. The molecule has 0 radical (unpaired) electrons. The zero-order valence-corrected chi connectivity index (χ0v) is 14.1. The SMILES string of the molecule is COCc1cccc(CC(=O)N(c2ccccn2)C2CCCC2)c1. The van der Waals surface area contributed by atoms with Crippen LogP contribution in [-0.2, 0) is 22.6 Å². The fourth-order valence-electron chi connectivity index (χ4n) is 3.43. The molecule has 126 valence electrons. The van der Waals surface area contributed by atoms with Gasteiger partial charge in [0.15, 0.2) is 0 Å². The number of nitrogens with zero attached hydrogens (tertiary/aromatic N) is 2. The highest BCUT2D eigenvalue weighted by Gasteiger charge is 2.28. The van der Waals surface area contributed by atoms with Gasteiger partial charge in [-0.25, -0.2) is 4.98 Å². The van der Waals surface area contributed by atoms with Gasteiger partial charge in [0.1, 0.15) is 5.82 Å². The molecule has 1 aromatic heterocycles. The Kier molecular flexibility index (Phi) is 5.59. The molecular formula is C20H24N2O2. The first kappa shape index (κ1) is 16.7. The molecule has 3 rings (SSSR count). The molecule has 0 unspecified atom stereocenters. The molecule has 4 nitrogen and oxygen atoms in total. The average molecular weight is 324 g/mol. The number of methoxy groups -OCH3 is 1. The number of carbonyl (C=O) groups is 1. The number of hydrogen-bond acceptors (Lipinski definition) is 3. The fourth-order valence-corrected chi connectivity index (χ4v) is 3.43. The van der Waals surface area contributed by atoms with Crippen LogP contribution in [0.3, 0.4) is 0 Å². The molecule has 4 heteroatoms. The highest BCUT2D eigenvalue weighted by molar-refractivity contribution is 5.94. The Hall–Kier alpha value is -2.20. The first-order chi connectivity index (χ1) is 11.8. The third kappa shape index (κ3) is 4.01. The zero-order valence-electron chi connectivity index (χ0n) is 14.1. The van der Waals surface area contributed by atoms with Crippen LogP contribution >= 0.6 is 0 Å². The Balaban J connectivity index is 1.80. The number of benzene rings is 1. The van der Waals surface area contributed by atoms with E-state index >= 15 is 0 Å². The Bertz CT molecular complexity index is 666. The summed E-state index contributed by atoms with van der Waals surface area (Å²) in [6.07, 6.45) is 6.64. The smallest absolute Gasteiger partial charge is 0.232 e. The standard InChI is InChI=1S/C20H24N2O2/c1-24-15-17-8-6-7-16(13-17)14-20(23)22(18-9-2-3-10-18)19-11-4-5-12-21-19/h4-8,11-13,18H,2-3,9-10,14-15H2,1H3. The molecule has 0 N–H and O–H groups in total. The normalized spacial score (nSPS) is 14.7. The lowest BCUT2D eigenvalue weighted by molar-refractivity contribution is -0.118. The van der Waals surface area contributed by atoms with Gasteiger partial charge in [-0.15, -0.1) is 0 Å². The highest BCUT2D eigenvalue weighted by atomic mass is 16.5. The van der Waals surface area contributed by atoms with E-state index in [1.54, 1.807) is 13.3 Å². The molecule has 1 heterocycles. The second-order valence-electron chi connectivity index (χ2n) is 6.32. The summed E-state index contributed by atoms with van der Waals surface area (Å²) in [5.41, 5.74) is 2.11. The second-order valence-corrected chi connectivity index (χ2v) is 6.32. The van der Waals surface area contributed by atoms with Gasteiger partial charge in [-0.1, -0.05) is 43.2 Å². The lowest BCUT2D eigenvalue weighted by Gasteiger charge is -2.28. The van der Waals surface area contributed by atoms with Crippen LogP contribution in [0.15, 0.2) is 48.7 Å². The molecular weight excluding hydrogens is 300 g/mol. The fraction of sp³-hybridized carbons (Fsp3) is 0.400. The lowest BCUT2D eigenvalue weighted by atomic mass is 10.1. The third-order valence-corrected chi connectivity index (χ3v) is 4.51. The molecule has 1 saturated carbocycles. The number of rotatable bonds is 6. The van der Waals surface area contributed by atoms with Crippen molar-refractivity contribution in [3.05, 3.63) is 59.8 Å². The van der Waals surface area contributed by atoms with Crippen molar-refractivity contribution in [3.8, 4) is 0 Å². The van der Waals surface area contributed by atoms with Crippen LogP contribution in [0.1, 0.15) is 36.8 Å². The number of hydrogen-bond donors (Lipinski definition) is 0. The molecule has 1 aromatic carbocycles. The van der Waals surface area contributed by atoms with E-state index in [2.05, 4.69) is 4.98 Å². The molecule has 1 aliphatic carbocycles. The third-order valence-electron chi connectivity index (χ3n) is 4.51. The first-order valence-corrected chi connectivity index (χ1v) is 8.58. The molecule has 0 aliphatic heterocycles. The molecule has 0 spiro atoms. The highest BCUT2D eigenvalue weighted by Crippen LogP contribution is 2.27. The largest absolute Gasteiger partial charge is 0.380 e. The molecule has 0 saturated heterocycles. The van der Waals surface area contributed by atoms with E-state index in [0.717, 1.165) is 29.8 Å². The van der Waals surface area contributed by atoms with Gasteiger partial charge in [-0.05, 0) is 36.1 Å². The quantitative estimate of drug-likeness (QED) is 0.813. The van der Waals surface area contributed by atoms with Crippen molar-refractivity contribution in [1.29, 1.82) is 0 Å². The predicted molar refractivity (Wildman–Crippen MR) is 94.8 cm³/mol. The molecule has 2 aromatic rings. The zero-order chi connectivity index (χ0) is 16.8. The van der Waals surface area contributed by atoms with E-state index in [-0.39, 0.29) is 11.9 Å². The van der Waals surface area contributed by atoms with Crippen molar-refractivity contribution in [1.82, 2.24) is 4.98 Å². The van der Waals surface area contributed by atoms with Crippen LogP contribution in [-0.4, -0.2) is 24.0 Å². The van der Waals surface area contributed by atoms with Gasteiger partial charge < -0.3 is 4.74 Å². The summed E-state index contributed by atoms with van der Waals surface area (Å²) in [4.78, 5) is 19.4. The summed E-state index contributed by atoms with van der Waals surface area (Å²) < 4.78 is 5.18. The number of anilines is 1. The summed E-state index contributed by atoms with van der Waals surface area (Å²) in [5, 5.41) is 0. The monoisotopic (exact) mass is 324 g/mol. The summed E-state index contributed by atoms with van der Waals surface area (Å²) in [7, 11) is 1.68. The minimum absolute atomic E-state index is 0.121. The summed E-state index contributed by atoms with van der Waals surface area (Å²) in [6.45, 7) is 0.564. The first-order valence-electron chi connectivity index (χ1n) is 8.58. The predicted octanol–water partition coefficient (Wildman–Crippen LogP) is 3.75. The number of pyridine rings is 1. The van der Waals surface area contributed by atoms with Crippen LogP contribution in [0.4, 0.5) is 5.82 Å². The molecule has 0 atom stereocenters. The minimum atomic E-state index is 0.121. The van der Waals surface area contributed by atoms with Gasteiger partial charge in [0.05, 0.1) is 13.0 Å². The maximum Gasteiger partial charge on any atom is 0.232 e. The van der Waals surface area contributed by atoms with Crippen molar-refractivity contribution in [2.45, 2.75) is 44.8 Å². The second kappa shape index (κ2) is 8.06. The molecule has 0 bridgehead atoms. The van der Waals surface area contributed by atoms with Crippen molar-refractivity contribution in [2.75, 3.05) is 12.0 Å². The van der Waals surface area contributed by atoms with Crippen LogP contribution in [0.2, 0.25) is 0 Å². The van der Waals surface area contributed by atoms with Gasteiger partial charge in [-0.3, -0.25) is 9.69 Å². The van der Waals surface area contributed by atoms with Crippen molar-refractivity contribution in [2.24, 2.45) is 0 Å². The van der Waals surface area contributed by atoms with E-state index in [9.17, 15) is 4.79 Å². The minimum Gasteiger partial charge on any atom is -0.380 e. The number of aromatic nitrogens is 1. The van der Waals surface area contributed by atoms with Gasteiger partial charge in [0.25, 0.3) is 0 Å². The molecule has 24 heavy (non-hydrogen) atoms. The van der Waals surface area contributed by atoms with E-state index < -0.39 is 0 Å². The number of amides is 1. The van der Waals surface area contributed by atoms with Crippen molar-refractivity contribution >= 4 is 11.7 Å². The van der Waals surface area contributed by atoms with Gasteiger partial charge in [-0.2, -0.15) is 0 Å². The Morgan fingerprint density at radius 3 is 2.67 bits per heavy atom. The van der Waals surface area contributed by atoms with E-state index in [4.69, 9.17) is 4.74 Å². The van der Waals surface area contributed by atoms with Crippen LogP contribution in [0.5, 0.6) is 0 Å². The Morgan fingerprint density at radius 2 is 1.96 bits per heavy atom. The van der Waals surface area contributed by atoms with E-state index in [0.29, 0.717) is 13.0 Å². The van der Waals surface area contributed by atoms with Crippen LogP contribution in [0.25, 0.3) is 0 Å². The van der Waals surface area contributed by atoms with Crippen molar-refractivity contribution < 1.29 is 9.53 Å². The summed E-state index contributed by atoms with van der Waals surface area (Å²) >= 11 is 0. The van der Waals surface area contributed by atoms with Gasteiger partial charge >= 0.3 is 0 Å². The summed E-state index contributed by atoms with van der Waals surface area (Å²) in [6, 6.07) is 14.1. The van der Waals surface area contributed by atoms with E-state index in [1.165, 1.54) is 12.8 Å². The Labute approximate surface area is 143 Å². The maximum absolute atomic E-state index is 13.0. The topological polar surface area (TPSA) is 42.4 Å². The number of carbonyl (C=O) groups excluding carboxylic acids is 1. The Morgan fingerprint density at radius 1 is 1.17 bits per heavy atom. The van der Waals surface area contributed by atoms with Gasteiger partial charge in [0.2, 0.25) is 5.91 Å². The maximum atomic E-state index is 13.0. The van der Waals surface area contributed by atoms with Gasteiger partial charge in [0, 0.05) is 19.3 Å². The van der Waals surface area contributed by atoms with E-state index in [1.807, 2.05) is 47.4 Å². The molecule has 1 aliphatic rings. The summed E-state index contributed by atoms with van der Waals surface area (Å²) in [5.74, 6) is 0.887. The van der Waals surface area contributed by atoms with Crippen LogP contribution in [0, 0.1) is 0 Å².